The molecule has 0 saturated carbocycles. The van der Waals surface area contributed by atoms with Gasteiger partial charge in [-0.15, -0.1) is 11.8 Å². The van der Waals surface area contributed by atoms with Gasteiger partial charge in [-0.25, -0.2) is 4.79 Å². The molecule has 0 aliphatic carbocycles. The fourth-order valence-corrected chi connectivity index (χ4v) is 5.77. The Labute approximate surface area is 207 Å². The van der Waals surface area contributed by atoms with Gasteiger partial charge in [-0.2, -0.15) is 0 Å². The molecular formula is C25H30BrN3O3S. The Bertz CT molecular complexity index is 1140. The smallest absolute Gasteiger partial charge is 0.340 e. The molecule has 1 fully saturated rings. The van der Waals surface area contributed by atoms with Crippen LogP contribution < -0.4 is 0 Å². The lowest BCUT2D eigenvalue weighted by Crippen LogP contribution is -2.43. The Kier molecular flexibility index (Phi) is 7.69. The van der Waals surface area contributed by atoms with Gasteiger partial charge in [-0.05, 0) is 48.1 Å². The highest BCUT2D eigenvalue weighted by atomic mass is 79.9. The maximum Gasteiger partial charge on any atom is 0.340 e. The predicted molar refractivity (Wildman–Crippen MR) is 137 cm³/mol. The number of likely N-dealkylation sites (N-methyl/N-ethyl adjacent to an activating group) is 1. The Balaban J connectivity index is 1.82. The van der Waals surface area contributed by atoms with Crippen molar-refractivity contribution in [2.24, 2.45) is 7.05 Å². The summed E-state index contributed by atoms with van der Waals surface area (Å²) < 4.78 is 8.20. The number of carbonyl (C=O) groups is 1. The van der Waals surface area contributed by atoms with E-state index in [1.54, 1.807) is 11.8 Å². The summed E-state index contributed by atoms with van der Waals surface area (Å²) in [6.07, 6.45) is 0. The van der Waals surface area contributed by atoms with Gasteiger partial charge in [0.1, 0.15) is 5.75 Å². The number of aromatic nitrogens is 1. The number of esters is 1. The van der Waals surface area contributed by atoms with Gasteiger partial charge in [0, 0.05) is 67.1 Å². The normalized spacial score (nSPS) is 15.3. The molecule has 0 atom stereocenters. The molecule has 0 radical (unpaired) electrons. The van der Waals surface area contributed by atoms with Crippen LogP contribution >= 0.6 is 27.7 Å². The van der Waals surface area contributed by atoms with Crippen LogP contribution in [0.15, 0.2) is 45.8 Å². The molecule has 8 heteroatoms. The average molecular weight is 533 g/mol. The number of hydrogen-bond acceptors (Lipinski definition) is 6. The van der Waals surface area contributed by atoms with E-state index in [1.165, 1.54) is 0 Å². The van der Waals surface area contributed by atoms with Gasteiger partial charge in [-0.1, -0.05) is 18.2 Å². The third-order valence-electron chi connectivity index (χ3n) is 6.21. The standard InChI is InChI=1S/C25H30BrN3O3S/c1-4-32-25(31)23-21(16-33-17-8-6-5-7-9-17)28(3)20-14-19(26)24(30)18(22(20)23)15-29-12-10-27(2)11-13-29/h5-9,14,30H,4,10-13,15-16H2,1-3H3. The monoisotopic (exact) mass is 531 g/mol. The Morgan fingerprint density at radius 2 is 1.85 bits per heavy atom. The number of phenolic OH excluding ortho intramolecular Hbond substituents is 1. The molecule has 1 aliphatic rings. The van der Waals surface area contributed by atoms with E-state index in [0.717, 1.165) is 53.2 Å². The van der Waals surface area contributed by atoms with Crippen LogP contribution in [-0.4, -0.2) is 65.3 Å². The van der Waals surface area contributed by atoms with Gasteiger partial charge in [0.15, 0.2) is 0 Å². The summed E-state index contributed by atoms with van der Waals surface area (Å²) in [4.78, 5) is 19.0. The molecule has 1 saturated heterocycles. The molecule has 0 bridgehead atoms. The first-order valence-electron chi connectivity index (χ1n) is 11.2. The number of ether oxygens (including phenoxy) is 1. The van der Waals surface area contributed by atoms with Crippen LogP contribution in [0.25, 0.3) is 10.9 Å². The second kappa shape index (κ2) is 10.5. The number of aromatic hydroxyl groups is 1. The molecule has 176 valence electrons. The summed E-state index contributed by atoms with van der Waals surface area (Å²) in [5, 5.41) is 11.9. The summed E-state index contributed by atoms with van der Waals surface area (Å²) in [6.45, 7) is 6.51. The molecule has 1 aliphatic heterocycles. The van der Waals surface area contributed by atoms with Crippen molar-refractivity contribution in [3.8, 4) is 5.75 Å². The molecular weight excluding hydrogens is 502 g/mol. The van der Waals surface area contributed by atoms with Crippen LogP contribution in [0.4, 0.5) is 0 Å². The molecule has 0 amide bonds. The van der Waals surface area contributed by atoms with E-state index < -0.39 is 0 Å². The van der Waals surface area contributed by atoms with E-state index in [2.05, 4.69) is 49.5 Å². The number of thioether (sulfide) groups is 1. The Hall–Kier alpha value is -2.00. The Morgan fingerprint density at radius 1 is 1.15 bits per heavy atom. The molecule has 1 N–H and O–H groups in total. The van der Waals surface area contributed by atoms with E-state index in [9.17, 15) is 9.90 Å². The topological polar surface area (TPSA) is 57.9 Å². The van der Waals surface area contributed by atoms with Crippen molar-refractivity contribution in [1.29, 1.82) is 0 Å². The molecule has 0 spiro atoms. The molecule has 6 nitrogen and oxygen atoms in total. The minimum Gasteiger partial charge on any atom is -0.506 e. The average Bonchev–Trinajstić information content (AvgIpc) is 3.09. The van der Waals surface area contributed by atoms with Crippen molar-refractivity contribution >= 4 is 44.6 Å². The summed E-state index contributed by atoms with van der Waals surface area (Å²) in [6, 6.07) is 12.1. The maximum atomic E-state index is 13.2. The van der Waals surface area contributed by atoms with Crippen molar-refractivity contribution < 1.29 is 14.6 Å². The first-order valence-corrected chi connectivity index (χ1v) is 13.0. The fourth-order valence-electron chi connectivity index (χ4n) is 4.32. The zero-order valence-corrected chi connectivity index (χ0v) is 21.7. The lowest BCUT2D eigenvalue weighted by molar-refractivity contribution is 0.0527. The third kappa shape index (κ3) is 5.09. The van der Waals surface area contributed by atoms with Crippen LogP contribution in [0.3, 0.4) is 0 Å². The second-order valence-corrected chi connectivity index (χ2v) is 10.3. The molecule has 33 heavy (non-hydrogen) atoms. The maximum absolute atomic E-state index is 13.2. The van der Waals surface area contributed by atoms with Gasteiger partial charge in [0.2, 0.25) is 0 Å². The van der Waals surface area contributed by atoms with Crippen LogP contribution in [0.5, 0.6) is 5.75 Å². The number of benzene rings is 2. The van der Waals surface area contributed by atoms with E-state index in [1.807, 2.05) is 38.2 Å². The van der Waals surface area contributed by atoms with Crippen molar-refractivity contribution in [3.05, 3.63) is 57.7 Å². The zero-order valence-electron chi connectivity index (χ0n) is 19.3. The number of nitrogens with zero attached hydrogens (tertiary/aromatic N) is 3. The highest BCUT2D eigenvalue weighted by Gasteiger charge is 2.28. The van der Waals surface area contributed by atoms with Crippen LogP contribution in [-0.2, 0) is 24.1 Å². The number of carbonyl (C=O) groups excluding carboxylic acids is 1. The molecule has 4 rings (SSSR count). The minimum atomic E-state index is -0.340. The van der Waals surface area contributed by atoms with Crippen LogP contribution in [0.2, 0.25) is 0 Å². The first kappa shape index (κ1) is 24.1. The van der Waals surface area contributed by atoms with Gasteiger partial charge >= 0.3 is 5.97 Å². The zero-order chi connectivity index (χ0) is 23.5. The highest BCUT2D eigenvalue weighted by molar-refractivity contribution is 9.10. The van der Waals surface area contributed by atoms with Crippen molar-refractivity contribution in [2.45, 2.75) is 24.1 Å². The molecule has 1 aromatic heterocycles. The van der Waals surface area contributed by atoms with E-state index >= 15 is 0 Å². The van der Waals surface area contributed by atoms with Crippen LogP contribution in [0.1, 0.15) is 28.5 Å². The SMILES string of the molecule is CCOC(=O)c1c(CSc2ccccc2)n(C)c2cc(Br)c(O)c(CN3CCN(C)CC3)c12. The predicted octanol–water partition coefficient (Wildman–Crippen LogP) is 4.86. The number of phenols is 1. The van der Waals surface area contributed by atoms with Gasteiger partial charge in [0.25, 0.3) is 0 Å². The molecule has 0 unspecified atom stereocenters. The largest absolute Gasteiger partial charge is 0.506 e. The van der Waals surface area contributed by atoms with Gasteiger partial charge in [0.05, 0.1) is 22.2 Å². The summed E-state index contributed by atoms with van der Waals surface area (Å²) in [5.41, 5.74) is 3.15. The minimum absolute atomic E-state index is 0.194. The summed E-state index contributed by atoms with van der Waals surface area (Å²) in [7, 11) is 4.11. The highest BCUT2D eigenvalue weighted by Crippen LogP contribution is 2.41. The van der Waals surface area contributed by atoms with Crippen LogP contribution in [0, 0.1) is 0 Å². The van der Waals surface area contributed by atoms with Gasteiger partial charge in [-0.3, -0.25) is 4.90 Å². The summed E-state index contributed by atoms with van der Waals surface area (Å²) >= 11 is 5.23. The molecule has 3 aromatic rings. The number of hydrogen-bond donors (Lipinski definition) is 1. The van der Waals surface area contributed by atoms with Gasteiger partial charge < -0.3 is 19.3 Å². The fraction of sp³-hybridized carbons (Fsp3) is 0.400. The lowest BCUT2D eigenvalue weighted by Gasteiger charge is -2.32. The van der Waals surface area contributed by atoms with Crippen molar-refractivity contribution in [3.63, 3.8) is 0 Å². The number of piperazine rings is 1. The Morgan fingerprint density at radius 3 is 2.52 bits per heavy atom. The van der Waals surface area contributed by atoms with E-state index in [-0.39, 0.29) is 11.7 Å². The second-order valence-electron chi connectivity index (χ2n) is 8.36. The van der Waals surface area contributed by atoms with Crippen molar-refractivity contribution in [1.82, 2.24) is 14.4 Å². The number of fused-ring (bicyclic) bond motifs is 1. The molecule has 2 aromatic carbocycles. The summed E-state index contributed by atoms with van der Waals surface area (Å²) in [5.74, 6) is 0.475. The molecule has 2 heterocycles. The number of rotatable bonds is 7. The number of aryl methyl sites for hydroxylation is 1. The quantitative estimate of drug-likeness (QED) is 0.347. The first-order chi connectivity index (χ1) is 15.9. The lowest BCUT2D eigenvalue weighted by atomic mass is 10.0. The van der Waals surface area contributed by atoms with E-state index in [4.69, 9.17) is 4.74 Å². The van der Waals surface area contributed by atoms with Crippen molar-refractivity contribution in [2.75, 3.05) is 39.8 Å². The number of halogens is 1. The third-order valence-corrected chi connectivity index (χ3v) is 7.84. The van der Waals surface area contributed by atoms with E-state index in [0.29, 0.717) is 28.9 Å².